The van der Waals surface area contributed by atoms with Gasteiger partial charge in [0.15, 0.2) is 0 Å². The van der Waals surface area contributed by atoms with E-state index in [0.717, 1.165) is 11.3 Å². The van der Waals surface area contributed by atoms with Crippen molar-refractivity contribution in [2.75, 3.05) is 0 Å². The van der Waals surface area contributed by atoms with Crippen LogP contribution in [0.2, 0.25) is 0 Å². The van der Waals surface area contributed by atoms with Gasteiger partial charge in [0.1, 0.15) is 4.64 Å². The number of carbonyl (C=O) groups is 1. The molecule has 0 unspecified atom stereocenters. The number of aromatic amines is 1. The van der Waals surface area contributed by atoms with Crippen LogP contribution in [0.1, 0.15) is 15.9 Å². The summed E-state index contributed by atoms with van der Waals surface area (Å²) in [4.78, 5) is 19.1. The predicted molar refractivity (Wildman–Crippen MR) is 86.4 cm³/mol. The van der Waals surface area contributed by atoms with Gasteiger partial charge in [-0.05, 0) is 23.8 Å². The Bertz CT molecular complexity index is 839. The lowest BCUT2D eigenvalue weighted by atomic mass is 10.1. The topological polar surface area (TPSA) is 62.7 Å². The molecular formula is C16H14N4OS. The summed E-state index contributed by atoms with van der Waals surface area (Å²) < 4.78 is 2.35. The van der Waals surface area contributed by atoms with Crippen LogP contribution in [0.25, 0.3) is 5.69 Å². The van der Waals surface area contributed by atoms with E-state index in [1.165, 1.54) is 0 Å². The van der Waals surface area contributed by atoms with Gasteiger partial charge in [-0.2, -0.15) is 0 Å². The van der Waals surface area contributed by atoms with Crippen LogP contribution in [0.15, 0.2) is 61.3 Å². The van der Waals surface area contributed by atoms with E-state index in [2.05, 4.69) is 15.3 Å². The second-order valence-electron chi connectivity index (χ2n) is 4.69. The van der Waals surface area contributed by atoms with Crippen molar-refractivity contribution in [3.63, 3.8) is 0 Å². The zero-order chi connectivity index (χ0) is 15.4. The number of nitrogens with one attached hydrogen (secondary N) is 2. The molecule has 0 saturated heterocycles. The number of nitrogens with zero attached hydrogens (tertiary/aromatic N) is 2. The SMILES string of the molecule is O=C(NCc1ccccc1-n1ccnc1)c1ccc[nH]c1=S. The molecule has 0 bridgehead atoms. The van der Waals surface area contributed by atoms with Crippen LogP contribution >= 0.6 is 12.2 Å². The van der Waals surface area contributed by atoms with E-state index in [-0.39, 0.29) is 5.91 Å². The number of amides is 1. The first-order valence-corrected chi connectivity index (χ1v) is 7.18. The first-order valence-electron chi connectivity index (χ1n) is 6.78. The van der Waals surface area contributed by atoms with Gasteiger partial charge in [-0.3, -0.25) is 4.79 Å². The predicted octanol–water partition coefficient (Wildman–Crippen LogP) is 2.86. The molecule has 0 fully saturated rings. The first kappa shape index (κ1) is 14.2. The number of para-hydroxylation sites is 1. The summed E-state index contributed by atoms with van der Waals surface area (Å²) in [5.74, 6) is -0.192. The normalized spacial score (nSPS) is 10.4. The molecule has 6 heteroatoms. The minimum atomic E-state index is -0.192. The van der Waals surface area contributed by atoms with Gasteiger partial charge in [-0.1, -0.05) is 30.4 Å². The highest BCUT2D eigenvalue weighted by atomic mass is 32.1. The summed E-state index contributed by atoms with van der Waals surface area (Å²) in [5.41, 5.74) is 2.45. The lowest BCUT2D eigenvalue weighted by Gasteiger charge is -2.11. The summed E-state index contributed by atoms with van der Waals surface area (Å²) in [5, 5.41) is 2.90. The van der Waals surface area contributed by atoms with Crippen LogP contribution in [0.5, 0.6) is 0 Å². The van der Waals surface area contributed by atoms with Crippen LogP contribution < -0.4 is 5.32 Å². The summed E-state index contributed by atoms with van der Waals surface area (Å²) in [6.07, 6.45) is 7.02. The van der Waals surface area contributed by atoms with E-state index < -0.39 is 0 Å². The maximum absolute atomic E-state index is 12.2. The fourth-order valence-electron chi connectivity index (χ4n) is 2.18. The lowest BCUT2D eigenvalue weighted by Crippen LogP contribution is -2.24. The largest absolute Gasteiger partial charge is 0.352 e. The Hall–Kier alpha value is -2.73. The van der Waals surface area contributed by atoms with Gasteiger partial charge < -0.3 is 14.9 Å². The van der Waals surface area contributed by atoms with Gasteiger partial charge in [0.05, 0.1) is 17.6 Å². The van der Waals surface area contributed by atoms with Crippen molar-refractivity contribution in [3.05, 3.63) is 77.1 Å². The van der Waals surface area contributed by atoms with E-state index in [9.17, 15) is 4.79 Å². The number of hydrogen-bond acceptors (Lipinski definition) is 3. The third kappa shape index (κ3) is 2.96. The quantitative estimate of drug-likeness (QED) is 0.728. The Morgan fingerprint density at radius 2 is 2.14 bits per heavy atom. The highest BCUT2D eigenvalue weighted by Gasteiger charge is 2.09. The van der Waals surface area contributed by atoms with Crippen LogP contribution in [-0.4, -0.2) is 20.4 Å². The Morgan fingerprint density at radius 1 is 1.27 bits per heavy atom. The number of imidazole rings is 1. The van der Waals surface area contributed by atoms with Gasteiger partial charge in [0, 0.05) is 25.1 Å². The van der Waals surface area contributed by atoms with Crippen molar-refractivity contribution in [1.29, 1.82) is 0 Å². The third-order valence-electron chi connectivity index (χ3n) is 3.28. The second-order valence-corrected chi connectivity index (χ2v) is 5.10. The number of H-pyrrole nitrogens is 1. The molecule has 1 aromatic carbocycles. The molecule has 0 aliphatic carbocycles. The second kappa shape index (κ2) is 6.36. The van der Waals surface area contributed by atoms with Gasteiger partial charge in [0.2, 0.25) is 0 Å². The smallest absolute Gasteiger partial charge is 0.254 e. The summed E-state index contributed by atoms with van der Waals surface area (Å²) >= 11 is 5.12. The van der Waals surface area contributed by atoms with Gasteiger partial charge in [-0.15, -0.1) is 0 Å². The first-order chi connectivity index (χ1) is 10.8. The van der Waals surface area contributed by atoms with Crippen LogP contribution in [0.3, 0.4) is 0 Å². The standard InChI is InChI=1S/C16H14N4OS/c21-15(13-5-3-7-18-16(13)22)19-10-12-4-1-2-6-14(12)20-9-8-17-11-20/h1-9,11H,10H2,(H,18,22)(H,19,21). The van der Waals surface area contributed by atoms with E-state index in [1.54, 1.807) is 30.9 Å². The number of aromatic nitrogens is 3. The molecule has 0 aliphatic heterocycles. The van der Waals surface area contributed by atoms with Crippen LogP contribution in [0.4, 0.5) is 0 Å². The van der Waals surface area contributed by atoms with Crippen LogP contribution in [0, 0.1) is 4.64 Å². The molecule has 3 aromatic rings. The minimum Gasteiger partial charge on any atom is -0.352 e. The lowest BCUT2D eigenvalue weighted by molar-refractivity contribution is 0.0950. The van der Waals surface area contributed by atoms with Gasteiger partial charge in [-0.25, -0.2) is 4.98 Å². The maximum atomic E-state index is 12.2. The molecule has 2 aromatic heterocycles. The number of hydrogen-bond donors (Lipinski definition) is 2. The summed E-state index contributed by atoms with van der Waals surface area (Å²) in [7, 11) is 0. The number of carbonyl (C=O) groups excluding carboxylic acids is 1. The highest BCUT2D eigenvalue weighted by Crippen LogP contribution is 2.14. The number of pyridine rings is 1. The van der Waals surface area contributed by atoms with Crippen LogP contribution in [-0.2, 0) is 6.54 Å². The summed E-state index contributed by atoms with van der Waals surface area (Å²) in [6, 6.07) is 11.3. The molecule has 1 amide bonds. The Balaban J connectivity index is 1.79. The Morgan fingerprint density at radius 3 is 2.91 bits per heavy atom. The Labute approximate surface area is 132 Å². The molecule has 110 valence electrons. The monoisotopic (exact) mass is 310 g/mol. The Kier molecular flexibility index (Phi) is 4.11. The maximum Gasteiger partial charge on any atom is 0.254 e. The molecule has 2 heterocycles. The number of rotatable bonds is 4. The minimum absolute atomic E-state index is 0.192. The molecule has 5 nitrogen and oxygen atoms in total. The van der Waals surface area contributed by atoms with Gasteiger partial charge >= 0.3 is 0 Å². The van der Waals surface area contributed by atoms with Crippen molar-refractivity contribution in [3.8, 4) is 5.69 Å². The average molecular weight is 310 g/mol. The fourth-order valence-corrected chi connectivity index (χ4v) is 2.41. The van der Waals surface area contributed by atoms with E-state index >= 15 is 0 Å². The molecule has 0 atom stereocenters. The molecule has 0 radical (unpaired) electrons. The van der Waals surface area contributed by atoms with Crippen molar-refractivity contribution >= 4 is 18.1 Å². The third-order valence-corrected chi connectivity index (χ3v) is 3.61. The van der Waals surface area contributed by atoms with Crippen molar-refractivity contribution in [1.82, 2.24) is 19.9 Å². The van der Waals surface area contributed by atoms with E-state index in [1.807, 2.05) is 35.0 Å². The van der Waals surface area contributed by atoms with Crippen molar-refractivity contribution in [2.24, 2.45) is 0 Å². The zero-order valence-corrected chi connectivity index (χ0v) is 12.5. The zero-order valence-electron chi connectivity index (χ0n) is 11.7. The molecular weight excluding hydrogens is 296 g/mol. The van der Waals surface area contributed by atoms with Gasteiger partial charge in [0.25, 0.3) is 5.91 Å². The average Bonchev–Trinajstić information content (AvgIpc) is 3.07. The summed E-state index contributed by atoms with van der Waals surface area (Å²) in [6.45, 7) is 0.414. The molecule has 3 rings (SSSR count). The molecule has 22 heavy (non-hydrogen) atoms. The van der Waals surface area contributed by atoms with E-state index in [4.69, 9.17) is 12.2 Å². The molecule has 0 spiro atoms. The molecule has 0 saturated carbocycles. The van der Waals surface area contributed by atoms with Crippen molar-refractivity contribution < 1.29 is 4.79 Å². The number of benzene rings is 1. The molecule has 2 N–H and O–H groups in total. The van der Waals surface area contributed by atoms with E-state index in [0.29, 0.717) is 16.7 Å². The fraction of sp³-hybridized carbons (Fsp3) is 0.0625. The highest BCUT2D eigenvalue weighted by molar-refractivity contribution is 7.71. The van der Waals surface area contributed by atoms with Crippen molar-refractivity contribution in [2.45, 2.75) is 6.54 Å². The molecule has 0 aliphatic rings.